The predicted octanol–water partition coefficient (Wildman–Crippen LogP) is 5.09. The Kier molecular flexibility index (Phi) is 5.62. The zero-order valence-corrected chi connectivity index (χ0v) is 18.1. The SMILES string of the molecule is O=C1NC(=O)N(c2ccccc2)C(=O)/C1=C/c1c(OCc2ccccc2)ccc2ccccc12. The molecule has 1 heterocycles. The molecule has 0 aromatic heterocycles. The van der Waals surface area contributed by atoms with Crippen molar-refractivity contribution in [2.75, 3.05) is 4.90 Å². The second-order valence-corrected chi connectivity index (χ2v) is 7.77. The number of carbonyl (C=O) groups excluding carboxylic acids is 3. The zero-order valence-electron chi connectivity index (χ0n) is 18.1. The first-order chi connectivity index (χ1) is 16.6. The maximum Gasteiger partial charge on any atom is 0.335 e. The fourth-order valence-electron chi connectivity index (χ4n) is 3.90. The molecule has 5 rings (SSSR count). The molecule has 0 aliphatic carbocycles. The van der Waals surface area contributed by atoms with Crippen LogP contribution in [0.25, 0.3) is 16.8 Å². The third kappa shape index (κ3) is 4.04. The normalized spacial score (nSPS) is 15.0. The van der Waals surface area contributed by atoms with Gasteiger partial charge in [-0.25, -0.2) is 9.69 Å². The molecule has 0 bridgehead atoms. The van der Waals surface area contributed by atoms with Crippen LogP contribution in [-0.2, 0) is 16.2 Å². The lowest BCUT2D eigenvalue weighted by atomic mass is 9.99. The van der Waals surface area contributed by atoms with Gasteiger partial charge in [-0.15, -0.1) is 0 Å². The number of ether oxygens (including phenoxy) is 1. The van der Waals surface area contributed by atoms with Crippen molar-refractivity contribution in [1.82, 2.24) is 5.32 Å². The van der Waals surface area contributed by atoms with Gasteiger partial charge in [-0.3, -0.25) is 14.9 Å². The quantitative estimate of drug-likeness (QED) is 0.341. The van der Waals surface area contributed by atoms with Crippen LogP contribution in [0.5, 0.6) is 5.75 Å². The summed E-state index contributed by atoms with van der Waals surface area (Å²) in [5.74, 6) is -0.912. The molecule has 0 saturated carbocycles. The number of hydrogen-bond donors (Lipinski definition) is 1. The van der Waals surface area contributed by atoms with Gasteiger partial charge < -0.3 is 4.74 Å². The Hall–Kier alpha value is -4.71. The predicted molar refractivity (Wildman–Crippen MR) is 130 cm³/mol. The summed E-state index contributed by atoms with van der Waals surface area (Å²) in [5, 5.41) is 4.03. The van der Waals surface area contributed by atoms with Crippen LogP contribution in [0.15, 0.2) is 103 Å². The van der Waals surface area contributed by atoms with E-state index < -0.39 is 17.8 Å². The summed E-state index contributed by atoms with van der Waals surface area (Å²) in [7, 11) is 0. The number of hydrogen-bond acceptors (Lipinski definition) is 4. The Balaban J connectivity index is 1.59. The van der Waals surface area contributed by atoms with Crippen molar-refractivity contribution in [3.63, 3.8) is 0 Å². The number of fused-ring (bicyclic) bond motifs is 1. The maximum atomic E-state index is 13.3. The molecule has 0 spiro atoms. The van der Waals surface area contributed by atoms with Gasteiger partial charge >= 0.3 is 6.03 Å². The number of para-hydroxylation sites is 1. The van der Waals surface area contributed by atoms with E-state index in [2.05, 4.69) is 5.32 Å². The topological polar surface area (TPSA) is 75.7 Å². The number of anilines is 1. The van der Waals surface area contributed by atoms with Gasteiger partial charge in [0.2, 0.25) is 0 Å². The number of imide groups is 2. The molecule has 0 atom stereocenters. The molecule has 34 heavy (non-hydrogen) atoms. The number of carbonyl (C=O) groups is 3. The highest BCUT2D eigenvalue weighted by atomic mass is 16.5. The third-order valence-corrected chi connectivity index (χ3v) is 5.57. The second kappa shape index (κ2) is 9.03. The van der Waals surface area contributed by atoms with Crippen LogP contribution in [0.3, 0.4) is 0 Å². The van der Waals surface area contributed by atoms with Crippen molar-refractivity contribution >= 4 is 40.4 Å². The van der Waals surface area contributed by atoms with E-state index in [1.54, 1.807) is 30.3 Å². The first-order valence-electron chi connectivity index (χ1n) is 10.8. The van der Waals surface area contributed by atoms with Crippen molar-refractivity contribution < 1.29 is 19.1 Å². The smallest absolute Gasteiger partial charge is 0.335 e. The highest BCUT2D eigenvalue weighted by molar-refractivity contribution is 6.39. The summed E-state index contributed by atoms with van der Waals surface area (Å²) in [6.07, 6.45) is 1.50. The van der Waals surface area contributed by atoms with Crippen molar-refractivity contribution in [3.8, 4) is 5.75 Å². The van der Waals surface area contributed by atoms with Crippen LogP contribution in [0.1, 0.15) is 11.1 Å². The van der Waals surface area contributed by atoms with E-state index in [1.165, 1.54) is 6.08 Å². The minimum atomic E-state index is -0.781. The largest absolute Gasteiger partial charge is 0.488 e. The van der Waals surface area contributed by atoms with Gasteiger partial charge in [0, 0.05) is 5.56 Å². The standard InChI is InChI=1S/C28H20N2O4/c31-26-24(27(32)30(28(33)29-26)21-12-5-2-6-13-21)17-23-22-14-8-7-11-20(22)15-16-25(23)34-18-19-9-3-1-4-10-19/h1-17H,18H2,(H,29,31,33)/b24-17+. The molecule has 4 aromatic carbocycles. The average molecular weight is 448 g/mol. The maximum absolute atomic E-state index is 13.3. The number of amides is 4. The number of barbiturate groups is 1. The van der Waals surface area contributed by atoms with Crippen LogP contribution in [-0.4, -0.2) is 17.8 Å². The number of rotatable bonds is 5. The fraction of sp³-hybridized carbons (Fsp3) is 0.0357. The summed E-state index contributed by atoms with van der Waals surface area (Å²) in [4.78, 5) is 39.5. The monoisotopic (exact) mass is 448 g/mol. The molecule has 1 aliphatic rings. The van der Waals surface area contributed by atoms with Crippen LogP contribution in [0.2, 0.25) is 0 Å². The molecule has 166 valence electrons. The van der Waals surface area contributed by atoms with E-state index >= 15 is 0 Å². The fourth-order valence-corrected chi connectivity index (χ4v) is 3.90. The molecule has 0 radical (unpaired) electrons. The molecule has 6 heteroatoms. The van der Waals surface area contributed by atoms with Gasteiger partial charge in [-0.2, -0.15) is 0 Å². The van der Waals surface area contributed by atoms with E-state index in [0.717, 1.165) is 21.2 Å². The van der Waals surface area contributed by atoms with E-state index in [0.29, 0.717) is 23.6 Å². The van der Waals surface area contributed by atoms with Crippen molar-refractivity contribution in [3.05, 3.63) is 114 Å². The Morgan fingerprint density at radius 3 is 2.21 bits per heavy atom. The molecule has 1 N–H and O–H groups in total. The average Bonchev–Trinajstić information content (AvgIpc) is 2.87. The van der Waals surface area contributed by atoms with Gasteiger partial charge in [-0.05, 0) is 40.6 Å². The van der Waals surface area contributed by atoms with Crippen LogP contribution in [0.4, 0.5) is 10.5 Å². The van der Waals surface area contributed by atoms with Crippen molar-refractivity contribution in [1.29, 1.82) is 0 Å². The summed E-state index contributed by atoms with van der Waals surface area (Å²) in [6, 6.07) is 28.8. The van der Waals surface area contributed by atoms with Gasteiger partial charge in [0.25, 0.3) is 11.8 Å². The van der Waals surface area contributed by atoms with Gasteiger partial charge in [-0.1, -0.05) is 78.9 Å². The molecule has 4 aromatic rings. The van der Waals surface area contributed by atoms with Crippen LogP contribution >= 0.6 is 0 Å². The van der Waals surface area contributed by atoms with Crippen molar-refractivity contribution in [2.24, 2.45) is 0 Å². The molecular weight excluding hydrogens is 428 g/mol. The summed E-state index contributed by atoms with van der Waals surface area (Å²) in [5.41, 5.74) is 1.81. The lowest BCUT2D eigenvalue weighted by molar-refractivity contribution is -0.122. The summed E-state index contributed by atoms with van der Waals surface area (Å²) in [6.45, 7) is 0.324. The van der Waals surface area contributed by atoms with Crippen molar-refractivity contribution in [2.45, 2.75) is 6.61 Å². The molecule has 0 unspecified atom stereocenters. The summed E-state index contributed by atoms with van der Waals surface area (Å²) < 4.78 is 6.11. The zero-order chi connectivity index (χ0) is 23.5. The molecule has 1 fully saturated rings. The van der Waals surface area contributed by atoms with Gasteiger partial charge in [0.15, 0.2) is 0 Å². The molecule has 1 saturated heterocycles. The number of nitrogens with zero attached hydrogens (tertiary/aromatic N) is 1. The van der Waals surface area contributed by atoms with Crippen LogP contribution in [0, 0.1) is 0 Å². The third-order valence-electron chi connectivity index (χ3n) is 5.57. The first kappa shape index (κ1) is 21.2. The number of nitrogens with one attached hydrogen (secondary N) is 1. The Labute approximate surface area is 196 Å². The van der Waals surface area contributed by atoms with E-state index in [1.807, 2.05) is 66.7 Å². The van der Waals surface area contributed by atoms with E-state index in [4.69, 9.17) is 4.74 Å². The lowest BCUT2D eigenvalue weighted by Crippen LogP contribution is -2.54. The summed E-state index contributed by atoms with van der Waals surface area (Å²) >= 11 is 0. The van der Waals surface area contributed by atoms with E-state index in [9.17, 15) is 14.4 Å². The highest BCUT2D eigenvalue weighted by Crippen LogP contribution is 2.32. The minimum absolute atomic E-state index is 0.149. The Bertz CT molecular complexity index is 1430. The second-order valence-electron chi connectivity index (χ2n) is 7.77. The Morgan fingerprint density at radius 1 is 0.765 bits per heavy atom. The molecule has 6 nitrogen and oxygen atoms in total. The number of benzene rings is 4. The van der Waals surface area contributed by atoms with E-state index in [-0.39, 0.29) is 5.57 Å². The molecule has 4 amide bonds. The van der Waals surface area contributed by atoms with Gasteiger partial charge in [0.05, 0.1) is 5.69 Å². The first-order valence-corrected chi connectivity index (χ1v) is 10.8. The molecular formula is C28H20N2O4. The molecule has 1 aliphatic heterocycles. The lowest BCUT2D eigenvalue weighted by Gasteiger charge is -2.26. The highest BCUT2D eigenvalue weighted by Gasteiger charge is 2.37. The van der Waals surface area contributed by atoms with Crippen LogP contribution < -0.4 is 15.0 Å². The Morgan fingerprint density at radius 2 is 1.44 bits per heavy atom. The minimum Gasteiger partial charge on any atom is -0.488 e. The number of urea groups is 1. The van der Waals surface area contributed by atoms with Gasteiger partial charge in [0.1, 0.15) is 17.9 Å².